The van der Waals surface area contributed by atoms with Crippen LogP contribution in [0.3, 0.4) is 0 Å². The number of hydrogen-bond acceptors (Lipinski definition) is 2. The summed E-state index contributed by atoms with van der Waals surface area (Å²) in [6.45, 7) is 5.16. The molecule has 0 heterocycles. The molecule has 1 atom stereocenters. The summed E-state index contributed by atoms with van der Waals surface area (Å²) in [5.41, 5.74) is 10.0. The second kappa shape index (κ2) is 6.50. The molecule has 0 radical (unpaired) electrons. The topological polar surface area (TPSA) is 38.0 Å². The van der Waals surface area contributed by atoms with E-state index in [1.54, 1.807) is 0 Å². The van der Waals surface area contributed by atoms with Crippen molar-refractivity contribution in [2.45, 2.75) is 32.5 Å². The van der Waals surface area contributed by atoms with E-state index in [1.165, 1.54) is 11.1 Å². The Morgan fingerprint density at radius 1 is 0.947 bits per heavy atom. The lowest BCUT2D eigenvalue weighted by Crippen LogP contribution is -2.24. The third kappa shape index (κ3) is 3.66. The van der Waals surface area contributed by atoms with Gasteiger partial charge in [-0.3, -0.25) is 0 Å². The van der Waals surface area contributed by atoms with Gasteiger partial charge in [-0.05, 0) is 16.7 Å². The molecule has 100 valence electrons. The summed E-state index contributed by atoms with van der Waals surface area (Å²) in [6, 6.07) is 19.0. The number of hydrogen-bond donors (Lipinski definition) is 2. The van der Waals surface area contributed by atoms with E-state index in [-0.39, 0.29) is 6.04 Å². The molecule has 2 aromatic carbocycles. The molecule has 2 nitrogen and oxygen atoms in total. The van der Waals surface area contributed by atoms with Crippen LogP contribution in [0.2, 0.25) is 0 Å². The maximum Gasteiger partial charge on any atom is 0.0554 e. The Labute approximate surface area is 115 Å². The Balaban J connectivity index is 2.24. The molecule has 0 spiro atoms. The van der Waals surface area contributed by atoms with Crippen LogP contribution in [-0.2, 0) is 6.54 Å². The lowest BCUT2D eigenvalue weighted by atomic mass is 9.95. The molecule has 2 rings (SSSR count). The summed E-state index contributed by atoms with van der Waals surface area (Å²) in [5.74, 6) is 0. The second-order valence-corrected chi connectivity index (χ2v) is 5.12. The zero-order valence-electron chi connectivity index (χ0n) is 11.6. The van der Waals surface area contributed by atoms with Crippen molar-refractivity contribution in [3.05, 3.63) is 71.3 Å². The molecular formula is C17H22N2. The van der Waals surface area contributed by atoms with Crippen molar-refractivity contribution < 1.29 is 0 Å². The van der Waals surface area contributed by atoms with Crippen LogP contribution in [0.5, 0.6) is 0 Å². The SMILES string of the molecule is CC(C)NCc1ccccc1C(N)c1ccccc1. The molecule has 2 aromatic rings. The van der Waals surface area contributed by atoms with E-state index in [4.69, 9.17) is 5.73 Å². The minimum atomic E-state index is -0.0636. The van der Waals surface area contributed by atoms with Crippen LogP contribution >= 0.6 is 0 Å². The quantitative estimate of drug-likeness (QED) is 0.859. The van der Waals surface area contributed by atoms with E-state index in [1.807, 2.05) is 18.2 Å². The third-order valence-electron chi connectivity index (χ3n) is 3.25. The van der Waals surface area contributed by atoms with Gasteiger partial charge in [0.15, 0.2) is 0 Å². The van der Waals surface area contributed by atoms with E-state index in [0.29, 0.717) is 6.04 Å². The highest BCUT2D eigenvalue weighted by molar-refractivity contribution is 5.36. The predicted molar refractivity (Wildman–Crippen MR) is 80.9 cm³/mol. The summed E-state index contributed by atoms with van der Waals surface area (Å²) in [6.07, 6.45) is 0. The van der Waals surface area contributed by atoms with Gasteiger partial charge in [-0.1, -0.05) is 68.4 Å². The van der Waals surface area contributed by atoms with E-state index in [2.05, 4.69) is 55.6 Å². The van der Waals surface area contributed by atoms with Crippen LogP contribution in [0.25, 0.3) is 0 Å². The van der Waals surface area contributed by atoms with Crippen molar-refractivity contribution in [1.82, 2.24) is 5.32 Å². The molecule has 1 unspecified atom stereocenters. The first-order chi connectivity index (χ1) is 9.18. The average molecular weight is 254 g/mol. The Kier molecular flexibility index (Phi) is 4.72. The highest BCUT2D eigenvalue weighted by Gasteiger charge is 2.12. The molecule has 0 aliphatic rings. The first kappa shape index (κ1) is 13.8. The van der Waals surface area contributed by atoms with Crippen LogP contribution < -0.4 is 11.1 Å². The minimum Gasteiger partial charge on any atom is -0.320 e. The van der Waals surface area contributed by atoms with Gasteiger partial charge in [-0.2, -0.15) is 0 Å². The zero-order valence-corrected chi connectivity index (χ0v) is 11.6. The summed E-state index contributed by atoms with van der Waals surface area (Å²) < 4.78 is 0. The van der Waals surface area contributed by atoms with E-state index < -0.39 is 0 Å². The van der Waals surface area contributed by atoms with Gasteiger partial charge in [0.2, 0.25) is 0 Å². The smallest absolute Gasteiger partial charge is 0.0554 e. The van der Waals surface area contributed by atoms with Crippen LogP contribution in [0.1, 0.15) is 36.6 Å². The molecular weight excluding hydrogens is 232 g/mol. The molecule has 0 fully saturated rings. The average Bonchev–Trinajstić information content (AvgIpc) is 2.45. The Bertz CT molecular complexity index is 506. The highest BCUT2D eigenvalue weighted by Crippen LogP contribution is 2.22. The van der Waals surface area contributed by atoms with Crippen LogP contribution in [0.15, 0.2) is 54.6 Å². The van der Waals surface area contributed by atoms with Crippen molar-refractivity contribution in [1.29, 1.82) is 0 Å². The number of nitrogens with one attached hydrogen (secondary N) is 1. The zero-order chi connectivity index (χ0) is 13.7. The molecule has 0 saturated carbocycles. The van der Waals surface area contributed by atoms with Gasteiger partial charge in [0.05, 0.1) is 6.04 Å². The highest BCUT2D eigenvalue weighted by atomic mass is 14.9. The fourth-order valence-electron chi connectivity index (χ4n) is 2.15. The Morgan fingerprint density at radius 2 is 1.58 bits per heavy atom. The van der Waals surface area contributed by atoms with Gasteiger partial charge in [-0.15, -0.1) is 0 Å². The number of nitrogens with two attached hydrogens (primary N) is 1. The van der Waals surface area contributed by atoms with Crippen molar-refractivity contribution >= 4 is 0 Å². The largest absolute Gasteiger partial charge is 0.320 e. The van der Waals surface area contributed by atoms with Crippen molar-refractivity contribution in [3.63, 3.8) is 0 Å². The van der Waals surface area contributed by atoms with E-state index in [0.717, 1.165) is 12.1 Å². The Morgan fingerprint density at radius 3 is 2.26 bits per heavy atom. The fourth-order valence-corrected chi connectivity index (χ4v) is 2.15. The molecule has 0 amide bonds. The summed E-state index contributed by atoms with van der Waals surface area (Å²) in [4.78, 5) is 0. The predicted octanol–water partition coefficient (Wildman–Crippen LogP) is 3.23. The molecule has 0 aromatic heterocycles. The van der Waals surface area contributed by atoms with Gasteiger partial charge in [0.25, 0.3) is 0 Å². The third-order valence-corrected chi connectivity index (χ3v) is 3.25. The Hall–Kier alpha value is -1.64. The lowest BCUT2D eigenvalue weighted by Gasteiger charge is -2.18. The lowest BCUT2D eigenvalue weighted by molar-refractivity contribution is 0.584. The van der Waals surface area contributed by atoms with Crippen LogP contribution in [-0.4, -0.2) is 6.04 Å². The molecule has 0 saturated heterocycles. The summed E-state index contributed by atoms with van der Waals surface area (Å²) in [7, 11) is 0. The number of rotatable bonds is 5. The maximum atomic E-state index is 6.40. The summed E-state index contributed by atoms with van der Waals surface area (Å²) >= 11 is 0. The minimum absolute atomic E-state index is 0.0636. The standard InChI is InChI=1S/C17H22N2/c1-13(2)19-12-15-10-6-7-11-16(15)17(18)14-8-4-3-5-9-14/h3-11,13,17,19H,12,18H2,1-2H3. The normalized spacial score (nSPS) is 12.6. The molecule has 19 heavy (non-hydrogen) atoms. The van der Waals surface area contributed by atoms with Crippen LogP contribution in [0, 0.1) is 0 Å². The molecule has 2 heteroatoms. The first-order valence-electron chi connectivity index (χ1n) is 6.80. The molecule has 0 bridgehead atoms. The summed E-state index contributed by atoms with van der Waals surface area (Å²) in [5, 5.41) is 3.45. The van der Waals surface area contributed by atoms with Crippen molar-refractivity contribution in [3.8, 4) is 0 Å². The number of benzene rings is 2. The van der Waals surface area contributed by atoms with Crippen molar-refractivity contribution in [2.24, 2.45) is 5.73 Å². The van der Waals surface area contributed by atoms with Crippen LogP contribution in [0.4, 0.5) is 0 Å². The van der Waals surface area contributed by atoms with Gasteiger partial charge in [0, 0.05) is 12.6 Å². The monoisotopic (exact) mass is 254 g/mol. The van der Waals surface area contributed by atoms with E-state index in [9.17, 15) is 0 Å². The van der Waals surface area contributed by atoms with E-state index >= 15 is 0 Å². The van der Waals surface area contributed by atoms with Gasteiger partial charge in [-0.25, -0.2) is 0 Å². The molecule has 3 N–H and O–H groups in total. The van der Waals surface area contributed by atoms with Crippen molar-refractivity contribution in [2.75, 3.05) is 0 Å². The molecule has 0 aliphatic heterocycles. The maximum absolute atomic E-state index is 6.40. The van der Waals surface area contributed by atoms with Gasteiger partial charge in [0.1, 0.15) is 0 Å². The second-order valence-electron chi connectivity index (χ2n) is 5.12. The molecule has 0 aliphatic carbocycles. The van der Waals surface area contributed by atoms with Gasteiger partial charge >= 0.3 is 0 Å². The first-order valence-corrected chi connectivity index (χ1v) is 6.80. The van der Waals surface area contributed by atoms with Gasteiger partial charge < -0.3 is 11.1 Å². The fraction of sp³-hybridized carbons (Fsp3) is 0.294.